The van der Waals surface area contributed by atoms with Gasteiger partial charge >= 0.3 is 5.97 Å². The van der Waals surface area contributed by atoms with Gasteiger partial charge in [-0.3, -0.25) is 4.99 Å². The van der Waals surface area contributed by atoms with E-state index in [0.29, 0.717) is 16.4 Å². The van der Waals surface area contributed by atoms with E-state index in [1.807, 2.05) is 37.3 Å². The molecule has 2 aromatic heterocycles. The summed E-state index contributed by atoms with van der Waals surface area (Å²) in [5.41, 5.74) is 3.18. The summed E-state index contributed by atoms with van der Waals surface area (Å²) in [4.78, 5) is 21.5. The summed E-state index contributed by atoms with van der Waals surface area (Å²) in [6.45, 7) is 3.88. The van der Waals surface area contributed by atoms with Crippen molar-refractivity contribution in [2.45, 2.75) is 13.8 Å². The molecule has 0 saturated heterocycles. The van der Waals surface area contributed by atoms with Crippen LogP contribution < -0.4 is 5.32 Å². The first-order chi connectivity index (χ1) is 12.9. The number of aromatic nitrogens is 1. The van der Waals surface area contributed by atoms with Crippen LogP contribution in [-0.2, 0) is 0 Å². The molecule has 0 bridgehead atoms. The third kappa shape index (κ3) is 4.18. The monoisotopic (exact) mass is 447 g/mol. The number of aliphatic hydroxyl groups is 1. The summed E-state index contributed by atoms with van der Waals surface area (Å²) in [5, 5.41) is 22.4. The zero-order valence-corrected chi connectivity index (χ0v) is 17.2. The first-order valence-electron chi connectivity index (χ1n) is 8.23. The molecule has 0 saturated carbocycles. The summed E-state index contributed by atoms with van der Waals surface area (Å²) in [5.74, 6) is -0.470. The molecule has 2 heterocycles. The molecule has 0 aliphatic heterocycles. The molecule has 27 heavy (non-hydrogen) atoms. The average molecular weight is 448 g/mol. The standard InChI is InChI=1S/C19H18BrN3O3S/c1-10-9-14(12-3-5-13(20)6-4-12)23-18-15(10)16(17(27-18)19(25)26)22-11(2)21-7-8-24/h3-6,9,24H,7-8H2,1-2H3,(H,21,22)(H,25,26). The summed E-state index contributed by atoms with van der Waals surface area (Å²) in [6, 6.07) is 9.78. The SMILES string of the molecule is CC(=NCCO)Nc1c(C(=O)O)sc2nc(-c3ccc(Br)cc3)cc(C)c12. The molecule has 1 aromatic carbocycles. The first-order valence-corrected chi connectivity index (χ1v) is 9.84. The number of fused-ring (bicyclic) bond motifs is 1. The second-order valence-corrected chi connectivity index (χ2v) is 7.85. The number of anilines is 1. The van der Waals surface area contributed by atoms with Crippen LogP contribution in [0.25, 0.3) is 21.5 Å². The predicted molar refractivity (Wildman–Crippen MR) is 113 cm³/mol. The van der Waals surface area contributed by atoms with Crippen molar-refractivity contribution in [1.29, 1.82) is 0 Å². The highest BCUT2D eigenvalue weighted by molar-refractivity contribution is 9.10. The molecule has 0 fully saturated rings. The zero-order valence-electron chi connectivity index (χ0n) is 14.8. The number of benzene rings is 1. The van der Waals surface area contributed by atoms with Crippen LogP contribution in [0.15, 0.2) is 39.8 Å². The van der Waals surface area contributed by atoms with Crippen molar-refractivity contribution in [2.75, 3.05) is 18.5 Å². The molecule has 0 unspecified atom stereocenters. The van der Waals surface area contributed by atoms with E-state index >= 15 is 0 Å². The molecule has 0 aliphatic rings. The smallest absolute Gasteiger partial charge is 0.348 e. The summed E-state index contributed by atoms with van der Waals surface area (Å²) >= 11 is 4.56. The van der Waals surface area contributed by atoms with Crippen molar-refractivity contribution >= 4 is 55.0 Å². The average Bonchev–Trinajstić information content (AvgIpc) is 2.99. The van der Waals surface area contributed by atoms with Gasteiger partial charge in [0.2, 0.25) is 0 Å². The maximum absolute atomic E-state index is 11.7. The highest BCUT2D eigenvalue weighted by atomic mass is 79.9. The van der Waals surface area contributed by atoms with Crippen molar-refractivity contribution in [2.24, 2.45) is 4.99 Å². The Balaban J connectivity index is 2.14. The Bertz CT molecular complexity index is 1030. The second-order valence-electron chi connectivity index (χ2n) is 5.94. The van der Waals surface area contributed by atoms with Crippen LogP contribution in [0.3, 0.4) is 0 Å². The Morgan fingerprint density at radius 3 is 2.67 bits per heavy atom. The lowest BCUT2D eigenvalue weighted by Crippen LogP contribution is -2.11. The number of thiophene rings is 1. The highest BCUT2D eigenvalue weighted by Crippen LogP contribution is 2.38. The molecule has 0 amide bonds. The van der Waals surface area contributed by atoms with E-state index < -0.39 is 5.97 Å². The Labute approximate surface area is 168 Å². The van der Waals surface area contributed by atoms with Gasteiger partial charge in [0, 0.05) is 15.4 Å². The van der Waals surface area contributed by atoms with Crippen LogP contribution >= 0.6 is 27.3 Å². The molecule has 3 N–H and O–H groups in total. The normalized spacial score (nSPS) is 11.8. The number of pyridine rings is 1. The van der Waals surface area contributed by atoms with Crippen molar-refractivity contribution in [3.05, 3.63) is 45.2 Å². The maximum Gasteiger partial charge on any atom is 0.348 e. The molecule has 0 spiro atoms. The number of amidine groups is 1. The number of halogens is 1. The highest BCUT2D eigenvalue weighted by Gasteiger charge is 2.21. The molecule has 3 rings (SSSR count). The number of nitrogens with one attached hydrogen (secondary N) is 1. The lowest BCUT2D eigenvalue weighted by molar-refractivity contribution is 0.0703. The largest absolute Gasteiger partial charge is 0.477 e. The topological polar surface area (TPSA) is 94.8 Å². The minimum atomic E-state index is -1.01. The molecule has 140 valence electrons. The number of carboxylic acids is 1. The number of rotatable bonds is 5. The Hall–Kier alpha value is -2.29. The number of hydrogen-bond acceptors (Lipinski definition) is 5. The van der Waals surface area contributed by atoms with E-state index in [1.54, 1.807) is 6.92 Å². The number of carboxylic acid groups (broad SMARTS) is 1. The van der Waals surface area contributed by atoms with Gasteiger partial charge in [-0.15, -0.1) is 11.3 Å². The van der Waals surface area contributed by atoms with Gasteiger partial charge in [-0.1, -0.05) is 28.1 Å². The first kappa shape index (κ1) is 19.5. The molecule has 0 radical (unpaired) electrons. The molecule has 3 aromatic rings. The van der Waals surface area contributed by atoms with Gasteiger partial charge in [0.1, 0.15) is 9.71 Å². The van der Waals surface area contributed by atoms with Crippen molar-refractivity contribution in [1.82, 2.24) is 4.98 Å². The van der Waals surface area contributed by atoms with Gasteiger partial charge in [-0.05, 0) is 37.6 Å². The molecule has 6 nitrogen and oxygen atoms in total. The van der Waals surface area contributed by atoms with E-state index in [4.69, 9.17) is 5.11 Å². The number of aromatic carboxylic acids is 1. The van der Waals surface area contributed by atoms with Gasteiger partial charge in [-0.2, -0.15) is 0 Å². The van der Waals surface area contributed by atoms with E-state index in [-0.39, 0.29) is 18.0 Å². The van der Waals surface area contributed by atoms with Crippen LogP contribution in [0.4, 0.5) is 5.69 Å². The van der Waals surface area contributed by atoms with E-state index in [1.165, 1.54) is 0 Å². The van der Waals surface area contributed by atoms with Gasteiger partial charge in [0.05, 0.1) is 30.4 Å². The third-order valence-electron chi connectivity index (χ3n) is 3.95. The number of hydrogen-bond donors (Lipinski definition) is 3. The van der Waals surface area contributed by atoms with E-state index in [0.717, 1.165) is 38.0 Å². The second kappa shape index (κ2) is 8.16. The van der Waals surface area contributed by atoms with Crippen molar-refractivity contribution in [3.8, 4) is 11.3 Å². The maximum atomic E-state index is 11.7. The summed E-state index contributed by atoms with van der Waals surface area (Å²) < 4.78 is 0.984. The molecular formula is C19H18BrN3O3S. The van der Waals surface area contributed by atoms with Crippen LogP contribution in [0, 0.1) is 6.92 Å². The van der Waals surface area contributed by atoms with E-state index in [2.05, 4.69) is 31.2 Å². The Morgan fingerprint density at radius 2 is 2.04 bits per heavy atom. The minimum absolute atomic E-state index is 0.0632. The molecule has 8 heteroatoms. The zero-order chi connectivity index (χ0) is 19.6. The summed E-state index contributed by atoms with van der Waals surface area (Å²) in [7, 11) is 0. The van der Waals surface area contributed by atoms with Gasteiger partial charge in [0.25, 0.3) is 0 Å². The number of aliphatic hydroxyl groups excluding tert-OH is 1. The fraction of sp³-hybridized carbons (Fsp3) is 0.211. The fourth-order valence-corrected chi connectivity index (χ4v) is 4.07. The van der Waals surface area contributed by atoms with Gasteiger partial charge in [-0.25, -0.2) is 9.78 Å². The molecule has 0 aliphatic carbocycles. The number of carbonyl (C=O) groups is 1. The third-order valence-corrected chi connectivity index (χ3v) is 5.55. The van der Waals surface area contributed by atoms with Gasteiger partial charge < -0.3 is 15.5 Å². The lowest BCUT2D eigenvalue weighted by atomic mass is 10.1. The molecule has 0 atom stereocenters. The van der Waals surface area contributed by atoms with Crippen LogP contribution in [0.2, 0.25) is 0 Å². The van der Waals surface area contributed by atoms with Crippen LogP contribution in [0.5, 0.6) is 0 Å². The predicted octanol–water partition coefficient (Wildman–Crippen LogP) is 4.56. The van der Waals surface area contributed by atoms with Crippen molar-refractivity contribution < 1.29 is 15.0 Å². The van der Waals surface area contributed by atoms with Crippen molar-refractivity contribution in [3.63, 3.8) is 0 Å². The number of aryl methyl sites for hydroxylation is 1. The van der Waals surface area contributed by atoms with E-state index in [9.17, 15) is 9.90 Å². The fourth-order valence-electron chi connectivity index (χ4n) is 2.76. The van der Waals surface area contributed by atoms with Gasteiger partial charge in [0.15, 0.2) is 0 Å². The Kier molecular flexibility index (Phi) is 5.88. The van der Waals surface area contributed by atoms with Crippen LogP contribution in [-0.4, -0.2) is 40.2 Å². The number of nitrogens with zero attached hydrogens (tertiary/aromatic N) is 2. The molecular weight excluding hydrogens is 430 g/mol. The lowest BCUT2D eigenvalue weighted by Gasteiger charge is -2.09. The Morgan fingerprint density at radius 1 is 1.33 bits per heavy atom. The quantitative estimate of drug-likeness (QED) is 0.393. The minimum Gasteiger partial charge on any atom is -0.477 e. The summed E-state index contributed by atoms with van der Waals surface area (Å²) in [6.07, 6.45) is 0. The van der Waals surface area contributed by atoms with Crippen LogP contribution in [0.1, 0.15) is 22.2 Å². The number of aliphatic imine (C=N–C) groups is 1.